The molecule has 2 saturated heterocycles. The highest BCUT2D eigenvalue weighted by molar-refractivity contribution is 8.00. The lowest BCUT2D eigenvalue weighted by molar-refractivity contribution is -0.121. The molecule has 0 radical (unpaired) electrons. The van der Waals surface area contributed by atoms with Crippen LogP contribution in [0, 0.1) is 0 Å². The van der Waals surface area contributed by atoms with Crippen molar-refractivity contribution in [2.75, 3.05) is 18.8 Å². The molecule has 2 fully saturated rings. The summed E-state index contributed by atoms with van der Waals surface area (Å²) >= 11 is 1.89. The fraction of sp³-hybridized carbons (Fsp3) is 0.324. The third-order valence-electron chi connectivity index (χ3n) is 8.45. The highest BCUT2D eigenvalue weighted by Gasteiger charge is 2.42. The molecule has 3 heterocycles. The Hall–Kier alpha value is -4.84. The van der Waals surface area contributed by atoms with Crippen molar-refractivity contribution in [3.05, 3.63) is 83.9 Å². The summed E-state index contributed by atoms with van der Waals surface area (Å²) in [5.74, 6) is 0.304. The Morgan fingerprint density at radius 1 is 0.891 bits per heavy atom. The number of thioether (sulfide) groups is 1. The first-order chi connectivity index (χ1) is 22.4. The number of para-hydroxylation sites is 1. The number of unbranched alkanes of at least 4 members (excludes halogenated alkanes) is 1. The van der Waals surface area contributed by atoms with Gasteiger partial charge >= 0.3 is 6.03 Å². The molecule has 0 saturated carbocycles. The summed E-state index contributed by atoms with van der Waals surface area (Å²) < 4.78 is 1.83. The van der Waals surface area contributed by atoms with Crippen molar-refractivity contribution in [2.45, 2.75) is 49.4 Å². The molecule has 6 N–H and O–H groups in total. The van der Waals surface area contributed by atoms with E-state index >= 15 is 0 Å². The zero-order chi connectivity index (χ0) is 32.0. The number of benzene rings is 3. The van der Waals surface area contributed by atoms with E-state index in [4.69, 9.17) is 10.8 Å². The van der Waals surface area contributed by atoms with Crippen molar-refractivity contribution in [1.82, 2.24) is 31.0 Å². The van der Waals surface area contributed by atoms with E-state index in [0.717, 1.165) is 52.9 Å². The van der Waals surface area contributed by atoms with E-state index in [2.05, 4.69) is 21.3 Å². The van der Waals surface area contributed by atoms with Gasteiger partial charge in [0.05, 0.1) is 23.3 Å². The third kappa shape index (κ3) is 7.02. The molecule has 0 spiro atoms. The summed E-state index contributed by atoms with van der Waals surface area (Å²) in [5, 5.41) is 18.1. The van der Waals surface area contributed by atoms with Crippen LogP contribution in [0.5, 0.6) is 0 Å². The lowest BCUT2D eigenvalue weighted by Crippen LogP contribution is -2.36. The molecule has 12 heteroatoms. The van der Waals surface area contributed by atoms with E-state index in [1.54, 1.807) is 24.3 Å². The van der Waals surface area contributed by atoms with E-state index in [-0.39, 0.29) is 29.9 Å². The number of rotatable bonds is 13. The number of nitrogens with one attached hydrogen (secondary N) is 4. The summed E-state index contributed by atoms with van der Waals surface area (Å²) in [7, 11) is 0. The molecule has 1 aromatic heterocycles. The number of aromatic nitrogens is 2. The minimum atomic E-state index is -0.483. The second-order valence-corrected chi connectivity index (χ2v) is 12.9. The zero-order valence-corrected chi connectivity index (χ0v) is 26.1. The van der Waals surface area contributed by atoms with E-state index in [9.17, 15) is 19.2 Å². The molecule has 6 rings (SSSR count). The molecular weight excluding hydrogens is 602 g/mol. The van der Waals surface area contributed by atoms with Gasteiger partial charge < -0.3 is 27.0 Å². The summed E-state index contributed by atoms with van der Waals surface area (Å²) in [5.41, 5.74) is 9.73. The Labute approximate surface area is 271 Å². The van der Waals surface area contributed by atoms with Gasteiger partial charge in [-0.25, -0.2) is 9.48 Å². The largest absolute Gasteiger partial charge is 0.366 e. The van der Waals surface area contributed by atoms with Crippen LogP contribution in [0.1, 0.15) is 52.8 Å². The van der Waals surface area contributed by atoms with Gasteiger partial charge in [0, 0.05) is 52.6 Å². The van der Waals surface area contributed by atoms with Crippen molar-refractivity contribution in [1.29, 1.82) is 0 Å². The maximum Gasteiger partial charge on any atom is 0.315 e. The Balaban J connectivity index is 0.940. The molecule has 3 aromatic carbocycles. The number of carbonyl (C=O) groups is 4. The van der Waals surface area contributed by atoms with E-state index in [1.807, 2.05) is 65.0 Å². The van der Waals surface area contributed by atoms with Crippen molar-refractivity contribution in [2.24, 2.45) is 5.73 Å². The minimum absolute atomic E-state index is 0.0207. The van der Waals surface area contributed by atoms with Crippen molar-refractivity contribution in [3.8, 4) is 16.9 Å². The van der Waals surface area contributed by atoms with Gasteiger partial charge in [-0.1, -0.05) is 36.8 Å². The maximum atomic E-state index is 12.8. The highest BCUT2D eigenvalue weighted by Crippen LogP contribution is 2.33. The predicted octanol–water partition coefficient (Wildman–Crippen LogP) is 3.75. The molecule has 11 nitrogen and oxygen atoms in total. The van der Waals surface area contributed by atoms with Gasteiger partial charge in [-0.15, -0.1) is 0 Å². The Bertz CT molecular complexity index is 1740. The molecule has 2 unspecified atom stereocenters. The molecule has 238 valence electrons. The summed E-state index contributed by atoms with van der Waals surface area (Å²) in [6.45, 7) is 0.949. The smallest absolute Gasteiger partial charge is 0.315 e. The molecule has 0 bridgehead atoms. The first-order valence-electron chi connectivity index (χ1n) is 15.6. The number of hydrogen-bond acceptors (Lipinski definition) is 6. The van der Waals surface area contributed by atoms with Gasteiger partial charge in [0.15, 0.2) is 0 Å². The second kappa shape index (κ2) is 14.1. The number of fused-ring (bicyclic) bond motifs is 2. The summed E-state index contributed by atoms with van der Waals surface area (Å²) in [6.07, 6.45) is 3.86. The van der Waals surface area contributed by atoms with Gasteiger partial charge in [0.1, 0.15) is 5.69 Å². The maximum absolute atomic E-state index is 12.8. The number of urea groups is 1. The molecular formula is C34H37N7O4S. The molecule has 3 atom stereocenters. The van der Waals surface area contributed by atoms with Crippen LogP contribution in [-0.4, -0.2) is 69.7 Å². The lowest BCUT2D eigenvalue weighted by atomic mass is 10.0. The average Bonchev–Trinajstić information content (AvgIpc) is 3.75. The molecule has 46 heavy (non-hydrogen) atoms. The summed E-state index contributed by atoms with van der Waals surface area (Å²) in [6, 6.07) is 22.6. The van der Waals surface area contributed by atoms with Crippen LogP contribution in [0.25, 0.3) is 27.8 Å². The van der Waals surface area contributed by atoms with Crippen LogP contribution in [0.4, 0.5) is 4.79 Å². The van der Waals surface area contributed by atoms with Crippen LogP contribution >= 0.6 is 11.8 Å². The van der Waals surface area contributed by atoms with Gasteiger partial charge in [0.25, 0.3) is 5.91 Å². The van der Waals surface area contributed by atoms with Crippen molar-refractivity contribution < 1.29 is 19.2 Å². The van der Waals surface area contributed by atoms with Crippen molar-refractivity contribution in [3.63, 3.8) is 0 Å². The second-order valence-electron chi connectivity index (χ2n) is 11.6. The SMILES string of the molecule is NC(=O)c1ccc(-n2nc(-c3ccc(C(=O)NCCCNC(=O)CCCC[C@@H]4SCC5NC(=O)NC54)cc3)c3ccccc32)cc1. The fourth-order valence-electron chi connectivity index (χ4n) is 6.01. The molecule has 2 aliphatic heterocycles. The van der Waals surface area contributed by atoms with Crippen molar-refractivity contribution >= 4 is 46.4 Å². The zero-order valence-electron chi connectivity index (χ0n) is 25.3. The highest BCUT2D eigenvalue weighted by atomic mass is 32.2. The number of nitrogens with zero attached hydrogens (tertiary/aromatic N) is 2. The first-order valence-corrected chi connectivity index (χ1v) is 16.6. The topological polar surface area (TPSA) is 160 Å². The van der Waals surface area contributed by atoms with Gasteiger partial charge in [0.2, 0.25) is 11.8 Å². The van der Waals surface area contributed by atoms with Crippen LogP contribution in [0.3, 0.4) is 0 Å². The van der Waals surface area contributed by atoms with Gasteiger partial charge in [-0.05, 0) is 61.7 Å². The van der Waals surface area contributed by atoms with Crippen LogP contribution in [0.15, 0.2) is 72.8 Å². The molecule has 4 aromatic rings. The molecule has 5 amide bonds. The predicted molar refractivity (Wildman–Crippen MR) is 179 cm³/mol. The fourth-order valence-corrected chi connectivity index (χ4v) is 7.55. The number of amides is 5. The minimum Gasteiger partial charge on any atom is -0.366 e. The number of primary amides is 1. The Morgan fingerprint density at radius 2 is 1.63 bits per heavy atom. The number of carbonyl (C=O) groups excluding carboxylic acids is 4. The van der Waals surface area contributed by atoms with Gasteiger partial charge in [-0.2, -0.15) is 16.9 Å². The quantitative estimate of drug-likeness (QED) is 0.111. The van der Waals surface area contributed by atoms with E-state index in [1.165, 1.54) is 0 Å². The van der Waals surface area contributed by atoms with Crippen LogP contribution < -0.4 is 27.0 Å². The average molecular weight is 640 g/mol. The Kier molecular flexibility index (Phi) is 9.53. The number of nitrogens with two attached hydrogens (primary N) is 1. The lowest BCUT2D eigenvalue weighted by Gasteiger charge is -2.16. The standard InChI is InChI=1S/C34H37N7O4S/c35-32(43)22-14-16-24(17-15-22)41-27-7-2-1-6-25(27)30(40-41)21-10-12-23(13-11-21)33(44)37-19-5-18-36-29(42)9-4-3-8-28-31-26(20-46-28)38-34(45)39-31/h1-2,6-7,10-17,26,28,31H,3-5,8-9,18-20H2,(H2,35,43)(H,36,42)(H,37,44)(H2,38,39,45)/t26?,28-,31?/m0/s1. The molecule has 2 aliphatic rings. The normalized spacial score (nSPS) is 18.5. The summed E-state index contributed by atoms with van der Waals surface area (Å²) in [4.78, 5) is 48.0. The van der Waals surface area contributed by atoms with E-state index in [0.29, 0.717) is 42.3 Å². The van der Waals surface area contributed by atoms with Gasteiger partial charge in [-0.3, -0.25) is 14.4 Å². The monoisotopic (exact) mass is 639 g/mol. The van der Waals surface area contributed by atoms with Crippen LogP contribution in [0.2, 0.25) is 0 Å². The third-order valence-corrected chi connectivity index (χ3v) is 9.95. The number of hydrogen-bond donors (Lipinski definition) is 5. The molecule has 0 aliphatic carbocycles. The van der Waals surface area contributed by atoms with Crippen LogP contribution in [-0.2, 0) is 4.79 Å². The Morgan fingerprint density at radius 3 is 2.41 bits per heavy atom. The van der Waals surface area contributed by atoms with E-state index < -0.39 is 5.91 Å². The first kappa shape index (κ1) is 31.2.